The average molecular weight is 327 g/mol. The van der Waals surface area contributed by atoms with Crippen molar-refractivity contribution in [3.63, 3.8) is 0 Å². The van der Waals surface area contributed by atoms with Crippen LogP contribution in [-0.4, -0.2) is 11.2 Å². The van der Waals surface area contributed by atoms with Crippen LogP contribution in [0.1, 0.15) is 66.5 Å². The minimum atomic E-state index is -2.23. The van der Waals surface area contributed by atoms with Crippen LogP contribution >= 0.6 is 8.25 Å². The number of benzene rings is 1. The van der Waals surface area contributed by atoms with Gasteiger partial charge in [-0.05, 0) is 36.8 Å². The van der Waals surface area contributed by atoms with Crippen molar-refractivity contribution >= 4 is 8.25 Å². The van der Waals surface area contributed by atoms with E-state index in [-0.39, 0.29) is 22.7 Å². The average Bonchev–Trinajstić information content (AvgIpc) is 2.26. The molecule has 1 rings (SSSR count). The Kier molecular flexibility index (Phi) is 5.64. The van der Waals surface area contributed by atoms with Crippen molar-refractivity contribution in [1.29, 1.82) is 0 Å². The molecule has 1 atom stereocenters. The van der Waals surface area contributed by atoms with E-state index in [1.54, 1.807) is 26.0 Å². The van der Waals surface area contributed by atoms with E-state index in [2.05, 4.69) is 0 Å². The Morgan fingerprint density at radius 2 is 1.41 bits per heavy atom. The van der Waals surface area contributed by atoms with E-state index >= 15 is 0 Å². The molecule has 22 heavy (non-hydrogen) atoms. The highest BCUT2D eigenvalue weighted by Gasteiger charge is 2.30. The molecule has 0 heterocycles. The maximum Gasteiger partial charge on any atom is 0.750 e. The Morgan fingerprint density at radius 1 is 1.00 bits per heavy atom. The van der Waals surface area contributed by atoms with Gasteiger partial charge in [-0.2, -0.15) is 0 Å². The maximum absolute atomic E-state index is 11.9. The Hall–Kier alpha value is -1.12. The highest BCUT2D eigenvalue weighted by Crippen LogP contribution is 2.43. The molecule has 0 saturated heterocycles. The molecule has 0 aliphatic heterocycles. The molecule has 0 spiro atoms. The summed E-state index contributed by atoms with van der Waals surface area (Å²) in [7, 11) is -2.23. The molecular formula is C17H28O4P+. The highest BCUT2D eigenvalue weighted by molar-refractivity contribution is 7.33. The predicted molar refractivity (Wildman–Crippen MR) is 90.0 cm³/mol. The SMILES string of the molecule is CC(C)O[P+](=O)Oc1cc(C(C)(C)C)c(O)c(C(C)(C)C)c1. The molecule has 0 fully saturated rings. The summed E-state index contributed by atoms with van der Waals surface area (Å²) in [5, 5.41) is 10.6. The van der Waals surface area contributed by atoms with Crippen molar-refractivity contribution in [2.24, 2.45) is 0 Å². The lowest BCUT2D eigenvalue weighted by molar-refractivity contribution is 0.226. The second-order valence-corrected chi connectivity index (χ2v) is 8.68. The maximum atomic E-state index is 11.9. The van der Waals surface area contributed by atoms with Gasteiger partial charge in [0, 0.05) is 15.7 Å². The van der Waals surface area contributed by atoms with Gasteiger partial charge in [0.2, 0.25) is 0 Å². The van der Waals surface area contributed by atoms with Crippen molar-refractivity contribution in [2.45, 2.75) is 72.3 Å². The van der Waals surface area contributed by atoms with Gasteiger partial charge in [0.25, 0.3) is 0 Å². The minimum absolute atomic E-state index is 0.176. The number of aromatic hydroxyl groups is 1. The monoisotopic (exact) mass is 327 g/mol. The normalized spacial score (nSPS) is 13.4. The van der Waals surface area contributed by atoms with Crippen LogP contribution in [0.15, 0.2) is 12.1 Å². The summed E-state index contributed by atoms with van der Waals surface area (Å²) < 4.78 is 22.5. The lowest BCUT2D eigenvalue weighted by atomic mass is 9.79. The standard InChI is InChI=1S/C17H27O4P/c1-11(2)20-22(19)21-12-9-13(16(3,4)5)15(18)14(10-12)17(6,7)8/h9-11H,1-8H3/p+1. The van der Waals surface area contributed by atoms with E-state index in [9.17, 15) is 9.67 Å². The van der Waals surface area contributed by atoms with E-state index in [0.29, 0.717) is 5.75 Å². The molecule has 0 saturated carbocycles. The lowest BCUT2D eigenvalue weighted by Crippen LogP contribution is -2.17. The van der Waals surface area contributed by atoms with Crippen LogP contribution in [0.3, 0.4) is 0 Å². The molecule has 0 radical (unpaired) electrons. The van der Waals surface area contributed by atoms with Gasteiger partial charge in [-0.3, -0.25) is 0 Å². The summed E-state index contributed by atoms with van der Waals surface area (Å²) in [6.45, 7) is 15.7. The quantitative estimate of drug-likeness (QED) is 0.747. The minimum Gasteiger partial charge on any atom is -0.507 e. The zero-order chi connectivity index (χ0) is 17.3. The summed E-state index contributed by atoms with van der Waals surface area (Å²) in [5.41, 5.74) is 1.02. The Morgan fingerprint density at radius 3 is 1.73 bits per heavy atom. The third-order valence-corrected chi connectivity index (χ3v) is 4.13. The summed E-state index contributed by atoms with van der Waals surface area (Å²) in [5.74, 6) is 0.724. The van der Waals surface area contributed by atoms with E-state index in [4.69, 9.17) is 9.05 Å². The molecule has 0 bridgehead atoms. The third kappa shape index (κ3) is 4.96. The molecule has 5 heteroatoms. The fourth-order valence-electron chi connectivity index (χ4n) is 2.08. The molecule has 0 aliphatic rings. The second kappa shape index (κ2) is 6.55. The molecule has 1 N–H and O–H groups in total. The molecule has 1 unspecified atom stereocenters. The van der Waals surface area contributed by atoms with Gasteiger partial charge >= 0.3 is 8.25 Å². The van der Waals surface area contributed by atoms with Crippen LogP contribution in [0.4, 0.5) is 0 Å². The molecule has 124 valence electrons. The van der Waals surface area contributed by atoms with Crippen molar-refractivity contribution in [3.05, 3.63) is 23.3 Å². The molecule has 1 aromatic carbocycles. The Labute approximate surface area is 134 Å². The van der Waals surface area contributed by atoms with Gasteiger partial charge < -0.3 is 5.11 Å². The van der Waals surface area contributed by atoms with Crippen LogP contribution in [0.2, 0.25) is 0 Å². The van der Waals surface area contributed by atoms with Crippen molar-refractivity contribution < 1.29 is 18.7 Å². The Balaban J connectivity index is 3.33. The largest absolute Gasteiger partial charge is 0.750 e. The van der Waals surface area contributed by atoms with Crippen LogP contribution < -0.4 is 4.52 Å². The van der Waals surface area contributed by atoms with Crippen molar-refractivity contribution in [2.75, 3.05) is 0 Å². The van der Waals surface area contributed by atoms with Crippen LogP contribution in [0.5, 0.6) is 11.5 Å². The first-order valence-corrected chi connectivity index (χ1v) is 8.62. The van der Waals surface area contributed by atoms with Crippen LogP contribution in [0, 0.1) is 0 Å². The zero-order valence-corrected chi connectivity index (χ0v) is 15.7. The van der Waals surface area contributed by atoms with Crippen molar-refractivity contribution in [1.82, 2.24) is 0 Å². The number of hydrogen-bond donors (Lipinski definition) is 1. The summed E-state index contributed by atoms with van der Waals surface area (Å²) in [6, 6.07) is 3.48. The topological polar surface area (TPSA) is 55.8 Å². The molecule has 0 aliphatic carbocycles. The third-order valence-electron chi connectivity index (χ3n) is 3.18. The number of hydrogen-bond acceptors (Lipinski definition) is 4. The second-order valence-electron chi connectivity index (χ2n) is 7.84. The molecule has 4 nitrogen and oxygen atoms in total. The van der Waals surface area contributed by atoms with Gasteiger partial charge in [-0.15, -0.1) is 4.52 Å². The lowest BCUT2D eigenvalue weighted by Gasteiger charge is -2.27. The van der Waals surface area contributed by atoms with E-state index in [1.807, 2.05) is 41.5 Å². The highest BCUT2D eigenvalue weighted by atomic mass is 31.1. The molecule has 0 aromatic heterocycles. The number of phenolic OH excluding ortho intramolecular Hbond substituents is 1. The Bertz CT molecular complexity index is 516. The summed E-state index contributed by atoms with van der Waals surface area (Å²) in [4.78, 5) is 0. The van der Waals surface area contributed by atoms with Gasteiger partial charge in [-0.25, -0.2) is 4.52 Å². The smallest absolute Gasteiger partial charge is 0.507 e. The van der Waals surface area contributed by atoms with Crippen LogP contribution in [-0.2, 0) is 19.9 Å². The van der Waals surface area contributed by atoms with E-state index in [1.165, 1.54) is 0 Å². The van der Waals surface area contributed by atoms with Crippen molar-refractivity contribution in [3.8, 4) is 11.5 Å². The number of rotatable bonds is 4. The summed E-state index contributed by atoms with van der Waals surface area (Å²) in [6.07, 6.45) is -0.176. The molecule has 1 aromatic rings. The van der Waals surface area contributed by atoms with Gasteiger partial charge in [-0.1, -0.05) is 41.5 Å². The van der Waals surface area contributed by atoms with Gasteiger partial charge in [0.05, 0.1) is 0 Å². The van der Waals surface area contributed by atoms with Gasteiger partial charge in [0.15, 0.2) is 5.75 Å². The fourth-order valence-corrected chi connectivity index (χ4v) is 2.75. The first kappa shape index (κ1) is 18.9. The van der Waals surface area contributed by atoms with Crippen LogP contribution in [0.25, 0.3) is 0 Å². The zero-order valence-electron chi connectivity index (χ0n) is 14.9. The predicted octanol–water partition coefficient (Wildman–Crippen LogP) is 5.45. The van der Waals surface area contributed by atoms with Gasteiger partial charge in [0.1, 0.15) is 11.9 Å². The van der Waals surface area contributed by atoms with E-state index in [0.717, 1.165) is 11.1 Å². The summed E-state index contributed by atoms with van der Waals surface area (Å²) >= 11 is 0. The molecular weight excluding hydrogens is 299 g/mol. The first-order chi connectivity index (χ1) is 9.82. The molecule has 0 amide bonds. The fraction of sp³-hybridized carbons (Fsp3) is 0.647. The number of phenols is 1. The van der Waals surface area contributed by atoms with E-state index < -0.39 is 8.25 Å². The first-order valence-electron chi connectivity index (χ1n) is 7.52.